The van der Waals surface area contributed by atoms with Crippen LogP contribution in [0.4, 0.5) is 4.79 Å². The van der Waals surface area contributed by atoms with Crippen LogP contribution in [-0.4, -0.2) is 96.7 Å². The summed E-state index contributed by atoms with van der Waals surface area (Å²) in [6.45, 7) is 15.8. The summed E-state index contributed by atoms with van der Waals surface area (Å²) < 4.78 is 44.2. The molecule has 4 rings (SSSR count). The minimum atomic E-state index is -3.84. The summed E-state index contributed by atoms with van der Waals surface area (Å²) in [6, 6.07) is 9.68. The van der Waals surface area contributed by atoms with E-state index < -0.39 is 80.1 Å². The van der Waals surface area contributed by atoms with Crippen LogP contribution in [0.5, 0.6) is 11.5 Å². The average Bonchev–Trinajstić information content (AvgIpc) is 3.86. The number of esters is 2. The number of alkyl carbamates (subject to hydrolysis) is 1. The SMILES string of the molecule is CC(C)(C)OC(=O)NCCCC[C@H](NS(C)(=O)=O)C(=O)NC[C@H](CC1(C(=O)ON([C@@H](Cc2ccc(O)cc2)C(=O)Oc2ccc3c(c2)CCC3)C(C)(C)C)CCCC1)C(=O)OC(C)(C)C. The number of unbranched alkanes of at least 4 members (excludes halogenated alkanes) is 1. The van der Waals surface area contributed by atoms with E-state index >= 15 is 0 Å². The fourth-order valence-corrected chi connectivity index (χ4v) is 8.98. The number of hydrogen-bond acceptors (Lipinski definition) is 13. The first kappa shape index (κ1) is 52.9. The fraction of sp³-hybridized carbons (Fsp3) is 0.646. The van der Waals surface area contributed by atoms with Gasteiger partial charge < -0.3 is 34.8 Å². The number of aryl methyl sites for hydroxylation is 2. The number of ether oxygens (including phenoxy) is 3. The molecule has 0 aromatic heterocycles. The number of nitrogens with one attached hydrogen (secondary N) is 3. The maximum Gasteiger partial charge on any atom is 0.407 e. The number of fused-ring (bicyclic) bond motifs is 1. The molecule has 2 amide bonds. The summed E-state index contributed by atoms with van der Waals surface area (Å²) in [5.41, 5.74) is -0.745. The van der Waals surface area contributed by atoms with E-state index in [1.165, 1.54) is 22.8 Å². The Kier molecular flexibility index (Phi) is 18.0. The van der Waals surface area contributed by atoms with Gasteiger partial charge in [0.15, 0.2) is 0 Å². The van der Waals surface area contributed by atoms with Gasteiger partial charge >= 0.3 is 24.0 Å². The third-order valence-electron chi connectivity index (χ3n) is 11.2. The number of phenolic OH excluding ortho intramolecular Hbond substituents is 1. The molecule has 3 atom stereocenters. The molecule has 0 aliphatic heterocycles. The van der Waals surface area contributed by atoms with Crippen LogP contribution in [-0.2, 0) is 62.8 Å². The van der Waals surface area contributed by atoms with E-state index in [2.05, 4.69) is 15.4 Å². The predicted octanol–water partition coefficient (Wildman–Crippen LogP) is 6.59. The van der Waals surface area contributed by atoms with Crippen LogP contribution in [0.25, 0.3) is 0 Å². The molecule has 0 unspecified atom stereocenters. The molecule has 0 saturated heterocycles. The van der Waals surface area contributed by atoms with E-state index in [0.29, 0.717) is 49.8 Å². The van der Waals surface area contributed by atoms with E-state index in [1.54, 1.807) is 59.7 Å². The molecule has 362 valence electrons. The van der Waals surface area contributed by atoms with Gasteiger partial charge in [0.25, 0.3) is 0 Å². The molecule has 2 aliphatic carbocycles. The molecule has 0 radical (unpaired) electrons. The molecule has 0 spiro atoms. The highest BCUT2D eigenvalue weighted by Crippen LogP contribution is 2.45. The van der Waals surface area contributed by atoms with Crippen molar-refractivity contribution in [3.8, 4) is 11.5 Å². The number of sulfonamides is 1. The van der Waals surface area contributed by atoms with Crippen molar-refractivity contribution in [1.29, 1.82) is 0 Å². The lowest BCUT2D eigenvalue weighted by Crippen LogP contribution is -2.56. The van der Waals surface area contributed by atoms with Gasteiger partial charge in [0.2, 0.25) is 15.9 Å². The first-order valence-electron chi connectivity index (χ1n) is 22.7. The monoisotopic (exact) mass is 928 g/mol. The zero-order chi connectivity index (χ0) is 48.4. The number of benzene rings is 2. The van der Waals surface area contributed by atoms with Crippen LogP contribution in [0, 0.1) is 11.3 Å². The van der Waals surface area contributed by atoms with Crippen LogP contribution in [0.2, 0.25) is 0 Å². The van der Waals surface area contributed by atoms with Gasteiger partial charge in [-0.25, -0.2) is 27.5 Å². The second-order valence-electron chi connectivity index (χ2n) is 20.5. The molecule has 1 saturated carbocycles. The molecule has 0 heterocycles. The Morgan fingerprint density at radius 3 is 2.03 bits per heavy atom. The van der Waals surface area contributed by atoms with Crippen LogP contribution in [0.3, 0.4) is 0 Å². The number of hydroxylamine groups is 2. The Bertz CT molecular complexity index is 2080. The molecule has 0 bridgehead atoms. The van der Waals surface area contributed by atoms with Crippen LogP contribution >= 0.6 is 0 Å². The number of nitrogens with zero attached hydrogens (tertiary/aromatic N) is 1. The molecular formula is C48H72N4O12S. The van der Waals surface area contributed by atoms with E-state index in [1.807, 2.05) is 32.9 Å². The summed E-state index contributed by atoms with van der Waals surface area (Å²) in [4.78, 5) is 75.4. The van der Waals surface area contributed by atoms with Gasteiger partial charge in [0.05, 0.1) is 17.6 Å². The van der Waals surface area contributed by atoms with Gasteiger partial charge in [-0.3, -0.25) is 9.59 Å². The van der Waals surface area contributed by atoms with Gasteiger partial charge in [-0.1, -0.05) is 31.0 Å². The van der Waals surface area contributed by atoms with E-state index in [0.717, 1.165) is 31.1 Å². The van der Waals surface area contributed by atoms with Crippen LogP contribution in [0.1, 0.15) is 137 Å². The molecular weight excluding hydrogens is 857 g/mol. The Morgan fingerprint density at radius 2 is 1.43 bits per heavy atom. The van der Waals surface area contributed by atoms with Gasteiger partial charge in [0.1, 0.15) is 34.8 Å². The number of carbonyl (C=O) groups excluding carboxylic acids is 5. The normalized spacial score (nSPS) is 16.5. The maximum atomic E-state index is 14.9. The molecule has 4 N–H and O–H groups in total. The number of hydrogen-bond donors (Lipinski definition) is 4. The van der Waals surface area contributed by atoms with Crippen molar-refractivity contribution < 1.29 is 56.5 Å². The summed E-state index contributed by atoms with van der Waals surface area (Å²) in [5, 5.41) is 16.8. The minimum absolute atomic E-state index is 0.0518. The number of phenols is 1. The van der Waals surface area contributed by atoms with Crippen molar-refractivity contribution in [2.45, 2.75) is 168 Å². The zero-order valence-electron chi connectivity index (χ0n) is 40.0. The van der Waals surface area contributed by atoms with Crippen molar-refractivity contribution in [3.63, 3.8) is 0 Å². The highest BCUT2D eigenvalue weighted by molar-refractivity contribution is 7.88. The van der Waals surface area contributed by atoms with Crippen molar-refractivity contribution in [2.24, 2.45) is 11.3 Å². The molecule has 2 aliphatic rings. The van der Waals surface area contributed by atoms with Gasteiger partial charge in [-0.15, -0.1) is 5.06 Å². The summed E-state index contributed by atoms with van der Waals surface area (Å²) in [5.74, 6) is -3.26. The number of amides is 2. The second-order valence-corrected chi connectivity index (χ2v) is 22.3. The first-order valence-corrected chi connectivity index (χ1v) is 24.6. The van der Waals surface area contributed by atoms with Crippen molar-refractivity contribution >= 4 is 39.9 Å². The highest BCUT2D eigenvalue weighted by Gasteiger charge is 2.49. The third-order valence-corrected chi connectivity index (χ3v) is 11.9. The van der Waals surface area contributed by atoms with Gasteiger partial charge in [-0.2, -0.15) is 0 Å². The second kappa shape index (κ2) is 22.2. The minimum Gasteiger partial charge on any atom is -0.508 e. The molecule has 65 heavy (non-hydrogen) atoms. The average molecular weight is 929 g/mol. The van der Waals surface area contributed by atoms with Crippen molar-refractivity contribution in [3.05, 3.63) is 59.2 Å². The lowest BCUT2D eigenvalue weighted by Gasteiger charge is -2.41. The number of rotatable bonds is 20. The van der Waals surface area contributed by atoms with Gasteiger partial charge in [0, 0.05) is 25.0 Å². The Hall–Kier alpha value is -4.74. The Labute approximate surface area is 385 Å². The Balaban J connectivity index is 1.58. The smallest absolute Gasteiger partial charge is 0.407 e. The summed E-state index contributed by atoms with van der Waals surface area (Å²) >= 11 is 0. The van der Waals surface area contributed by atoms with E-state index in [9.17, 15) is 37.5 Å². The maximum absolute atomic E-state index is 14.9. The molecule has 2 aromatic rings. The standard InChI is InChI=1S/C48H72N4O12S/c1-45(2,3)52(39(28-32-19-22-36(53)23-20-32)42(56)61-37-24-21-33-16-15-17-34(33)29-37)64-43(57)48(25-12-13-26-48)30-35(41(55)62-46(4,5)6)31-50-40(54)38(51-65(10,59)60)18-11-14-27-49-44(58)63-47(7,8)9/h19-24,29,35,38-39,51,53H,11-18,25-28,30-31H2,1-10H3,(H,49,58)(H,50,54)/t35-,38-,39-/m0/s1. The topological polar surface area (TPSA) is 216 Å². The molecule has 16 nitrogen and oxygen atoms in total. The Morgan fingerprint density at radius 1 is 0.800 bits per heavy atom. The summed E-state index contributed by atoms with van der Waals surface area (Å²) in [6.07, 6.45) is 6.10. The number of carbonyl (C=O) groups is 5. The van der Waals surface area contributed by atoms with Crippen LogP contribution in [0.15, 0.2) is 42.5 Å². The van der Waals surface area contributed by atoms with E-state index in [-0.39, 0.29) is 38.1 Å². The number of aromatic hydroxyl groups is 1. The summed E-state index contributed by atoms with van der Waals surface area (Å²) in [7, 11) is -3.84. The molecule has 2 aromatic carbocycles. The lowest BCUT2D eigenvalue weighted by molar-refractivity contribution is -0.242. The molecule has 17 heteroatoms. The third kappa shape index (κ3) is 17.2. The fourth-order valence-electron chi connectivity index (χ4n) is 8.23. The van der Waals surface area contributed by atoms with Gasteiger partial charge in [-0.05, 0) is 161 Å². The lowest BCUT2D eigenvalue weighted by atomic mass is 9.77. The molecule has 1 fully saturated rings. The van der Waals surface area contributed by atoms with Crippen molar-refractivity contribution in [1.82, 2.24) is 20.4 Å². The predicted molar refractivity (Wildman–Crippen MR) is 245 cm³/mol. The largest absolute Gasteiger partial charge is 0.508 e. The van der Waals surface area contributed by atoms with Crippen LogP contribution < -0.4 is 20.1 Å². The van der Waals surface area contributed by atoms with E-state index in [4.69, 9.17) is 19.0 Å². The quantitative estimate of drug-likeness (QED) is 0.0478. The van der Waals surface area contributed by atoms with Crippen molar-refractivity contribution in [2.75, 3.05) is 19.3 Å². The first-order chi connectivity index (χ1) is 30.1. The zero-order valence-corrected chi connectivity index (χ0v) is 40.8. The highest BCUT2D eigenvalue weighted by atomic mass is 32.2.